The molecule has 0 spiro atoms. The summed E-state index contributed by atoms with van der Waals surface area (Å²) in [5.41, 5.74) is 1.92. The molecule has 0 amide bonds. The average molecular weight is 426 g/mol. The number of hydrogen-bond donors (Lipinski definition) is 1. The molecule has 0 bridgehead atoms. The highest BCUT2D eigenvalue weighted by Crippen LogP contribution is 2.30. The summed E-state index contributed by atoms with van der Waals surface area (Å²) in [6.07, 6.45) is 0.890. The number of nitrogens with one attached hydrogen (secondary N) is 1. The molecule has 0 aliphatic heterocycles. The molecule has 0 radical (unpaired) electrons. The lowest BCUT2D eigenvalue weighted by molar-refractivity contribution is -0.384. The van der Waals surface area contributed by atoms with E-state index in [1.54, 1.807) is 19.1 Å². The number of hydrogen-bond acceptors (Lipinski definition) is 4. The molecule has 0 fully saturated rings. The maximum Gasteiger partial charge on any atom is 0.269 e. The molecule has 2 atom stereocenters. The molecule has 0 aromatic heterocycles. The van der Waals surface area contributed by atoms with Crippen LogP contribution < -0.4 is 10.1 Å². The van der Waals surface area contributed by atoms with Crippen LogP contribution in [0.1, 0.15) is 49.0 Å². The molecule has 1 N–H and O–H groups in total. The first-order valence-corrected chi connectivity index (χ1v) is 10.1. The SMILES string of the molecule is CCCOc1ccc(C(NC(C)c2cc(F)cc(F)c2)c2cccc([N+](=O)[O-])c2)cc1. The Balaban J connectivity index is 1.95. The second kappa shape index (κ2) is 10.1. The van der Waals surface area contributed by atoms with Crippen LogP contribution in [0.25, 0.3) is 0 Å². The molecule has 0 saturated carbocycles. The van der Waals surface area contributed by atoms with E-state index in [1.807, 2.05) is 31.2 Å². The van der Waals surface area contributed by atoms with Crippen LogP contribution in [0.4, 0.5) is 14.5 Å². The predicted molar refractivity (Wildman–Crippen MR) is 115 cm³/mol. The first-order chi connectivity index (χ1) is 14.9. The number of non-ortho nitro benzene ring substituents is 1. The van der Waals surface area contributed by atoms with E-state index in [-0.39, 0.29) is 5.69 Å². The Bertz CT molecular complexity index is 1020. The average Bonchev–Trinajstić information content (AvgIpc) is 2.75. The molecule has 5 nitrogen and oxygen atoms in total. The first kappa shape index (κ1) is 22.4. The number of nitro benzene ring substituents is 1. The van der Waals surface area contributed by atoms with Gasteiger partial charge in [0.2, 0.25) is 0 Å². The molecular formula is C24H24F2N2O3. The lowest BCUT2D eigenvalue weighted by Gasteiger charge is -2.25. The van der Waals surface area contributed by atoms with Gasteiger partial charge in [-0.25, -0.2) is 8.78 Å². The van der Waals surface area contributed by atoms with Crippen molar-refractivity contribution in [2.75, 3.05) is 6.61 Å². The molecule has 0 heterocycles. The lowest BCUT2D eigenvalue weighted by atomic mass is 9.96. The summed E-state index contributed by atoms with van der Waals surface area (Å²) < 4.78 is 33.0. The molecule has 3 rings (SSSR count). The van der Waals surface area contributed by atoms with Crippen molar-refractivity contribution in [3.8, 4) is 5.75 Å². The zero-order chi connectivity index (χ0) is 22.4. The van der Waals surface area contributed by atoms with Crippen LogP contribution in [-0.4, -0.2) is 11.5 Å². The summed E-state index contributed by atoms with van der Waals surface area (Å²) in [6, 6.07) is 16.2. The van der Waals surface area contributed by atoms with Gasteiger partial charge >= 0.3 is 0 Å². The van der Waals surface area contributed by atoms with E-state index < -0.39 is 28.6 Å². The summed E-state index contributed by atoms with van der Waals surface area (Å²) in [5, 5.41) is 14.6. The number of benzene rings is 3. The van der Waals surface area contributed by atoms with Crippen molar-refractivity contribution in [1.29, 1.82) is 0 Å². The van der Waals surface area contributed by atoms with Gasteiger partial charge in [0.15, 0.2) is 0 Å². The third-order valence-electron chi connectivity index (χ3n) is 4.90. The van der Waals surface area contributed by atoms with E-state index in [1.165, 1.54) is 24.3 Å². The first-order valence-electron chi connectivity index (χ1n) is 10.1. The minimum atomic E-state index is -0.659. The van der Waals surface area contributed by atoms with E-state index in [0.29, 0.717) is 17.7 Å². The van der Waals surface area contributed by atoms with Gasteiger partial charge in [0, 0.05) is 24.2 Å². The van der Waals surface area contributed by atoms with Gasteiger partial charge in [-0.1, -0.05) is 31.2 Å². The van der Waals surface area contributed by atoms with Gasteiger partial charge in [0.1, 0.15) is 17.4 Å². The quantitative estimate of drug-likeness (QED) is 0.332. The van der Waals surface area contributed by atoms with Gasteiger partial charge in [0.05, 0.1) is 17.6 Å². The topological polar surface area (TPSA) is 64.4 Å². The minimum absolute atomic E-state index is 0.0309. The maximum absolute atomic E-state index is 13.7. The molecule has 2 unspecified atom stereocenters. The zero-order valence-electron chi connectivity index (χ0n) is 17.3. The molecule has 7 heteroatoms. The Morgan fingerprint density at radius 2 is 1.65 bits per heavy atom. The monoisotopic (exact) mass is 426 g/mol. The van der Waals surface area contributed by atoms with Crippen LogP contribution in [-0.2, 0) is 0 Å². The van der Waals surface area contributed by atoms with E-state index in [9.17, 15) is 18.9 Å². The number of nitro groups is 1. The van der Waals surface area contributed by atoms with Crippen LogP contribution in [0.2, 0.25) is 0 Å². The predicted octanol–water partition coefficient (Wildman–Crippen LogP) is 6.10. The minimum Gasteiger partial charge on any atom is -0.494 e. The second-order valence-electron chi connectivity index (χ2n) is 7.29. The molecular weight excluding hydrogens is 402 g/mol. The van der Waals surface area contributed by atoms with Gasteiger partial charge < -0.3 is 4.74 Å². The third-order valence-corrected chi connectivity index (χ3v) is 4.90. The number of ether oxygens (including phenoxy) is 1. The molecule has 31 heavy (non-hydrogen) atoms. The summed E-state index contributed by atoms with van der Waals surface area (Å²) in [4.78, 5) is 10.8. The number of halogens is 2. The van der Waals surface area contributed by atoms with Crippen molar-refractivity contribution in [2.24, 2.45) is 0 Å². The van der Waals surface area contributed by atoms with Crippen LogP contribution in [0.3, 0.4) is 0 Å². The largest absolute Gasteiger partial charge is 0.494 e. The van der Waals surface area contributed by atoms with Crippen molar-refractivity contribution in [3.05, 3.63) is 105 Å². The lowest BCUT2D eigenvalue weighted by Crippen LogP contribution is -2.26. The Morgan fingerprint density at radius 3 is 2.26 bits per heavy atom. The van der Waals surface area contributed by atoms with E-state index >= 15 is 0 Å². The Hall–Kier alpha value is -3.32. The Kier molecular flexibility index (Phi) is 7.31. The highest BCUT2D eigenvalue weighted by molar-refractivity contribution is 5.41. The molecule has 162 valence electrons. The Morgan fingerprint density at radius 1 is 0.968 bits per heavy atom. The molecule has 0 aliphatic rings. The highest BCUT2D eigenvalue weighted by atomic mass is 19.1. The van der Waals surface area contributed by atoms with Crippen molar-refractivity contribution < 1.29 is 18.4 Å². The van der Waals surface area contributed by atoms with Crippen LogP contribution >= 0.6 is 0 Å². The summed E-state index contributed by atoms with van der Waals surface area (Å²) >= 11 is 0. The normalized spacial score (nSPS) is 12.9. The van der Waals surface area contributed by atoms with Gasteiger partial charge in [-0.3, -0.25) is 15.4 Å². The molecule has 0 saturated heterocycles. The zero-order valence-corrected chi connectivity index (χ0v) is 17.3. The fourth-order valence-electron chi connectivity index (χ4n) is 3.35. The molecule has 0 aliphatic carbocycles. The smallest absolute Gasteiger partial charge is 0.269 e. The van der Waals surface area contributed by atoms with Crippen LogP contribution in [0.15, 0.2) is 66.7 Å². The van der Waals surface area contributed by atoms with E-state index in [0.717, 1.165) is 23.8 Å². The van der Waals surface area contributed by atoms with Gasteiger partial charge in [0.25, 0.3) is 5.69 Å². The fourth-order valence-corrected chi connectivity index (χ4v) is 3.35. The Labute approximate surface area is 179 Å². The van der Waals surface area contributed by atoms with Gasteiger partial charge in [-0.2, -0.15) is 0 Å². The summed E-state index contributed by atoms with van der Waals surface area (Å²) in [6.45, 7) is 4.42. The van der Waals surface area contributed by atoms with Crippen molar-refractivity contribution in [3.63, 3.8) is 0 Å². The van der Waals surface area contributed by atoms with Crippen molar-refractivity contribution in [1.82, 2.24) is 5.32 Å². The van der Waals surface area contributed by atoms with Crippen molar-refractivity contribution in [2.45, 2.75) is 32.4 Å². The number of rotatable bonds is 9. The second-order valence-corrected chi connectivity index (χ2v) is 7.29. The fraction of sp³-hybridized carbons (Fsp3) is 0.250. The van der Waals surface area contributed by atoms with E-state index in [4.69, 9.17) is 4.74 Å². The van der Waals surface area contributed by atoms with Gasteiger partial charge in [-0.15, -0.1) is 0 Å². The van der Waals surface area contributed by atoms with Crippen LogP contribution in [0, 0.1) is 21.7 Å². The van der Waals surface area contributed by atoms with Crippen LogP contribution in [0.5, 0.6) is 5.75 Å². The van der Waals surface area contributed by atoms with Crippen molar-refractivity contribution >= 4 is 5.69 Å². The summed E-state index contributed by atoms with van der Waals surface area (Å²) in [5.74, 6) is -0.593. The van der Waals surface area contributed by atoms with E-state index in [2.05, 4.69) is 5.32 Å². The molecule has 3 aromatic carbocycles. The maximum atomic E-state index is 13.7. The highest BCUT2D eigenvalue weighted by Gasteiger charge is 2.20. The standard InChI is InChI=1S/C24H24F2N2O3/c1-3-11-31-23-9-7-17(8-10-23)24(18-5-4-6-22(14-18)28(29)30)27-16(2)19-12-20(25)15-21(26)13-19/h4-10,12-16,24,27H,3,11H2,1-2H3. The number of nitrogens with zero attached hydrogens (tertiary/aromatic N) is 1. The summed E-state index contributed by atoms with van der Waals surface area (Å²) in [7, 11) is 0. The van der Waals surface area contributed by atoms with Gasteiger partial charge in [-0.05, 0) is 54.3 Å². The molecule has 3 aromatic rings. The third kappa shape index (κ3) is 5.86.